The van der Waals surface area contributed by atoms with Gasteiger partial charge >= 0.3 is 12.2 Å². The fourth-order valence-electron chi connectivity index (χ4n) is 4.35. The van der Waals surface area contributed by atoms with Gasteiger partial charge in [0.15, 0.2) is 5.82 Å². The number of benzene rings is 1. The summed E-state index contributed by atoms with van der Waals surface area (Å²) >= 11 is 1.25. The van der Waals surface area contributed by atoms with Crippen molar-refractivity contribution in [1.29, 1.82) is 0 Å². The van der Waals surface area contributed by atoms with Gasteiger partial charge in [0.2, 0.25) is 11.9 Å². The Morgan fingerprint density at radius 2 is 1.93 bits per heavy atom. The predicted molar refractivity (Wildman–Crippen MR) is 142 cm³/mol. The molecule has 2 amide bonds. The van der Waals surface area contributed by atoms with E-state index < -0.39 is 24.4 Å². The zero-order valence-corrected chi connectivity index (χ0v) is 21.8. The maximum absolute atomic E-state index is 14.8. The van der Waals surface area contributed by atoms with Crippen LogP contribution in [0.1, 0.15) is 12.0 Å². The number of pyridine rings is 1. The van der Waals surface area contributed by atoms with E-state index in [4.69, 9.17) is 0 Å². The lowest BCUT2D eigenvalue weighted by molar-refractivity contribution is -0.133. The number of hydrogen-bond acceptors (Lipinski definition) is 7. The van der Waals surface area contributed by atoms with Gasteiger partial charge in [0.25, 0.3) is 0 Å². The van der Waals surface area contributed by atoms with E-state index >= 15 is 0 Å². The molecule has 0 radical (unpaired) electrons. The van der Waals surface area contributed by atoms with Crippen LogP contribution < -0.4 is 16.0 Å². The first kappa shape index (κ1) is 27.6. The SMILES string of the molecule is O=C1NCCN1CCNc1ncc(F)c(-c2cc3cccc(-c4cc(F)ncc4CNCCC(F)(F)F)c3s2)n1. The second-order valence-electron chi connectivity index (χ2n) is 9.08. The van der Waals surface area contributed by atoms with Crippen LogP contribution in [0.3, 0.4) is 0 Å². The van der Waals surface area contributed by atoms with Crippen molar-refractivity contribution >= 4 is 33.4 Å². The van der Waals surface area contributed by atoms with Crippen LogP contribution in [0.5, 0.6) is 0 Å². The molecule has 3 aromatic heterocycles. The molecule has 1 aromatic carbocycles. The Kier molecular flexibility index (Phi) is 8.07. The van der Waals surface area contributed by atoms with E-state index in [0.29, 0.717) is 47.7 Å². The first-order valence-electron chi connectivity index (χ1n) is 12.4. The zero-order chi connectivity index (χ0) is 28.3. The molecule has 1 fully saturated rings. The Labute approximate surface area is 229 Å². The average molecular weight is 578 g/mol. The molecule has 0 aliphatic carbocycles. The molecular formula is C26H24F5N7OS. The number of rotatable bonds is 10. The first-order valence-corrected chi connectivity index (χ1v) is 13.2. The summed E-state index contributed by atoms with van der Waals surface area (Å²) in [5.74, 6) is -1.15. The van der Waals surface area contributed by atoms with Gasteiger partial charge in [-0.25, -0.2) is 24.1 Å². The van der Waals surface area contributed by atoms with Gasteiger partial charge in [-0.1, -0.05) is 18.2 Å². The van der Waals surface area contributed by atoms with Crippen molar-refractivity contribution in [1.82, 2.24) is 30.5 Å². The first-order chi connectivity index (χ1) is 19.2. The van der Waals surface area contributed by atoms with Crippen LogP contribution in [-0.4, -0.2) is 64.8 Å². The summed E-state index contributed by atoms with van der Waals surface area (Å²) in [7, 11) is 0. The highest BCUT2D eigenvalue weighted by Gasteiger charge is 2.26. The summed E-state index contributed by atoms with van der Waals surface area (Å²) < 4.78 is 67.4. The molecule has 3 N–H and O–H groups in total. The highest BCUT2D eigenvalue weighted by atomic mass is 32.1. The average Bonchev–Trinajstić information content (AvgIpc) is 3.53. The highest BCUT2D eigenvalue weighted by Crippen LogP contribution is 2.40. The third-order valence-corrected chi connectivity index (χ3v) is 7.47. The van der Waals surface area contributed by atoms with Crippen LogP contribution in [-0.2, 0) is 6.54 Å². The second-order valence-corrected chi connectivity index (χ2v) is 10.1. The van der Waals surface area contributed by atoms with E-state index in [9.17, 15) is 26.7 Å². The normalized spacial score (nSPS) is 13.7. The summed E-state index contributed by atoms with van der Waals surface area (Å²) in [6.45, 7) is 1.77. The number of hydrogen-bond donors (Lipinski definition) is 3. The molecule has 4 heterocycles. The molecule has 1 saturated heterocycles. The molecule has 210 valence electrons. The monoisotopic (exact) mass is 577 g/mol. The number of amides is 2. The summed E-state index contributed by atoms with van der Waals surface area (Å²) in [6.07, 6.45) is -2.91. The lowest BCUT2D eigenvalue weighted by Crippen LogP contribution is -2.32. The third-order valence-electron chi connectivity index (χ3n) is 6.28. The summed E-state index contributed by atoms with van der Waals surface area (Å²) in [5.41, 5.74) is 1.72. The molecule has 0 atom stereocenters. The number of alkyl halides is 3. The van der Waals surface area contributed by atoms with Crippen LogP contribution in [0.2, 0.25) is 0 Å². The fourth-order valence-corrected chi connectivity index (χ4v) is 5.53. The van der Waals surface area contributed by atoms with Crippen LogP contribution in [0.25, 0.3) is 31.8 Å². The van der Waals surface area contributed by atoms with Crippen molar-refractivity contribution in [2.75, 3.05) is 38.0 Å². The maximum Gasteiger partial charge on any atom is 0.390 e. The van der Waals surface area contributed by atoms with Crippen molar-refractivity contribution in [3.05, 3.63) is 60.1 Å². The Morgan fingerprint density at radius 1 is 1.07 bits per heavy atom. The number of thiophene rings is 1. The minimum absolute atomic E-state index is 0.0575. The molecule has 0 bridgehead atoms. The van der Waals surface area contributed by atoms with Crippen molar-refractivity contribution in [3.63, 3.8) is 0 Å². The van der Waals surface area contributed by atoms with E-state index in [0.717, 1.165) is 16.3 Å². The predicted octanol–water partition coefficient (Wildman–Crippen LogP) is 5.18. The largest absolute Gasteiger partial charge is 0.390 e. The number of fused-ring (bicyclic) bond motifs is 1. The molecule has 40 heavy (non-hydrogen) atoms. The van der Waals surface area contributed by atoms with Gasteiger partial charge in [-0.2, -0.15) is 17.6 Å². The van der Waals surface area contributed by atoms with Gasteiger partial charge < -0.3 is 20.9 Å². The van der Waals surface area contributed by atoms with Crippen molar-refractivity contribution in [2.24, 2.45) is 0 Å². The zero-order valence-electron chi connectivity index (χ0n) is 21.0. The number of carbonyl (C=O) groups excluding carboxylic acids is 1. The molecule has 0 saturated carbocycles. The topological polar surface area (TPSA) is 95.1 Å². The Hall–Kier alpha value is -3.91. The lowest BCUT2D eigenvalue weighted by atomic mass is 10.00. The van der Waals surface area contributed by atoms with E-state index in [1.807, 2.05) is 6.07 Å². The summed E-state index contributed by atoms with van der Waals surface area (Å²) in [4.78, 5) is 25.9. The molecule has 1 aliphatic rings. The number of aromatic nitrogens is 3. The van der Waals surface area contributed by atoms with Crippen LogP contribution in [0.15, 0.2) is 42.7 Å². The van der Waals surface area contributed by atoms with Crippen LogP contribution >= 0.6 is 11.3 Å². The van der Waals surface area contributed by atoms with E-state index in [1.54, 1.807) is 23.1 Å². The second kappa shape index (κ2) is 11.7. The summed E-state index contributed by atoms with van der Waals surface area (Å²) in [5, 5.41) is 9.24. The molecule has 1 aliphatic heterocycles. The molecule has 5 rings (SSSR count). The number of urea groups is 1. The number of nitrogens with one attached hydrogen (secondary N) is 3. The van der Waals surface area contributed by atoms with Gasteiger partial charge in [0.1, 0.15) is 5.69 Å². The number of anilines is 1. The quantitative estimate of drug-likeness (QED) is 0.137. The molecule has 14 heteroatoms. The number of nitrogens with zero attached hydrogens (tertiary/aromatic N) is 4. The Bertz CT molecular complexity index is 1530. The summed E-state index contributed by atoms with van der Waals surface area (Å²) in [6, 6.07) is 8.24. The number of carbonyl (C=O) groups is 1. The van der Waals surface area contributed by atoms with E-state index in [-0.39, 0.29) is 30.8 Å². The van der Waals surface area contributed by atoms with E-state index in [2.05, 4.69) is 30.9 Å². The third kappa shape index (κ3) is 6.45. The van der Waals surface area contributed by atoms with Gasteiger partial charge in [-0.05, 0) is 22.6 Å². The molecular weight excluding hydrogens is 553 g/mol. The Morgan fingerprint density at radius 3 is 2.70 bits per heavy atom. The van der Waals surface area contributed by atoms with Gasteiger partial charge in [0, 0.05) is 61.8 Å². The fraction of sp³-hybridized carbons (Fsp3) is 0.308. The van der Waals surface area contributed by atoms with Gasteiger partial charge in [-0.15, -0.1) is 11.3 Å². The maximum atomic E-state index is 14.8. The standard InChI is InChI=1S/C26H24F5N7OS/c27-19-14-36-24(33-6-8-38-9-7-34-25(38)39)37-22(19)20-10-15-2-1-3-17(23(15)40-20)18-11-21(28)35-13-16(18)12-32-5-4-26(29,30)31/h1-3,10-11,13-14,32H,4-9,12H2,(H,34,39)(H,33,36,37). The highest BCUT2D eigenvalue weighted by molar-refractivity contribution is 7.22. The van der Waals surface area contributed by atoms with Crippen molar-refractivity contribution in [2.45, 2.75) is 19.1 Å². The number of halogens is 5. The van der Waals surface area contributed by atoms with E-state index in [1.165, 1.54) is 23.6 Å². The molecule has 8 nitrogen and oxygen atoms in total. The Balaban J connectivity index is 1.40. The van der Waals surface area contributed by atoms with Crippen LogP contribution in [0.4, 0.5) is 32.7 Å². The van der Waals surface area contributed by atoms with Crippen molar-refractivity contribution < 1.29 is 26.7 Å². The van der Waals surface area contributed by atoms with Crippen LogP contribution in [0, 0.1) is 11.8 Å². The smallest absolute Gasteiger partial charge is 0.352 e. The van der Waals surface area contributed by atoms with Crippen molar-refractivity contribution in [3.8, 4) is 21.7 Å². The molecule has 4 aromatic rings. The van der Waals surface area contributed by atoms with Gasteiger partial charge in [0.05, 0.1) is 17.5 Å². The molecule has 0 unspecified atom stereocenters. The molecule has 0 spiro atoms. The lowest BCUT2D eigenvalue weighted by Gasteiger charge is -2.14. The minimum Gasteiger partial charge on any atom is -0.352 e. The van der Waals surface area contributed by atoms with Gasteiger partial charge in [-0.3, -0.25) is 0 Å². The minimum atomic E-state index is -4.29.